The average molecular weight is 311 g/mol. The van der Waals surface area contributed by atoms with Gasteiger partial charge in [-0.25, -0.2) is 0 Å². The van der Waals surface area contributed by atoms with Gasteiger partial charge in [0.15, 0.2) is 0 Å². The van der Waals surface area contributed by atoms with E-state index >= 15 is 0 Å². The van der Waals surface area contributed by atoms with Crippen LogP contribution in [0.5, 0.6) is 5.75 Å². The molecule has 0 radical (unpaired) electrons. The molecule has 0 amide bonds. The highest BCUT2D eigenvalue weighted by Gasteiger charge is 2.09. The number of hydrogen-bond acceptors (Lipinski definition) is 2. The Morgan fingerprint density at radius 2 is 1.90 bits per heavy atom. The third-order valence-corrected chi connectivity index (χ3v) is 3.81. The molecule has 0 saturated carbocycles. The number of carbonyl (C=O) groups excluding carboxylic acids is 1. The molecule has 0 aliphatic rings. The third kappa shape index (κ3) is 6.52. The fraction of sp³-hybridized carbons (Fsp3) is 0.611. The summed E-state index contributed by atoms with van der Waals surface area (Å²) in [6.07, 6.45) is 3.46. The second-order valence-corrected chi connectivity index (χ2v) is 6.64. The molecule has 0 unspecified atom stereocenters. The van der Waals surface area contributed by atoms with Gasteiger partial charge in [0.25, 0.3) is 0 Å². The molecule has 1 rings (SSSR count). The van der Waals surface area contributed by atoms with E-state index in [0.717, 1.165) is 30.6 Å². The molecule has 0 aromatic heterocycles. The zero-order valence-corrected chi connectivity index (χ0v) is 14.4. The predicted molar refractivity (Wildman–Crippen MR) is 89.2 cm³/mol. The van der Waals surface area contributed by atoms with Gasteiger partial charge in [0.2, 0.25) is 0 Å². The fourth-order valence-corrected chi connectivity index (χ4v) is 2.30. The van der Waals surface area contributed by atoms with Gasteiger partial charge in [-0.15, -0.1) is 0 Å². The molecule has 0 saturated heterocycles. The molecule has 0 aliphatic carbocycles. The van der Waals surface area contributed by atoms with Crippen LogP contribution in [-0.2, 0) is 11.2 Å². The molecule has 1 aromatic rings. The molecule has 0 atom stereocenters. The number of halogens is 1. The predicted octanol–water partition coefficient (Wildman–Crippen LogP) is 5.31. The van der Waals surface area contributed by atoms with Crippen LogP contribution in [0.1, 0.15) is 52.5 Å². The van der Waals surface area contributed by atoms with Crippen LogP contribution in [0.2, 0.25) is 5.02 Å². The van der Waals surface area contributed by atoms with E-state index in [1.54, 1.807) is 0 Å². The Bertz CT molecular complexity index is 453. The van der Waals surface area contributed by atoms with E-state index in [0.29, 0.717) is 29.8 Å². The molecular formula is C18H27ClO2. The van der Waals surface area contributed by atoms with Crippen molar-refractivity contribution in [2.24, 2.45) is 11.8 Å². The highest BCUT2D eigenvalue weighted by Crippen LogP contribution is 2.29. The van der Waals surface area contributed by atoms with E-state index in [-0.39, 0.29) is 5.92 Å². The highest BCUT2D eigenvalue weighted by atomic mass is 35.5. The first-order valence-electron chi connectivity index (χ1n) is 7.84. The van der Waals surface area contributed by atoms with Crippen molar-refractivity contribution in [2.75, 3.05) is 6.61 Å². The van der Waals surface area contributed by atoms with Gasteiger partial charge >= 0.3 is 0 Å². The molecule has 0 N–H and O–H groups in total. The summed E-state index contributed by atoms with van der Waals surface area (Å²) in [6, 6.07) is 5.93. The molecule has 0 heterocycles. The van der Waals surface area contributed by atoms with Gasteiger partial charge in [-0.05, 0) is 36.8 Å². The molecule has 2 nitrogen and oxygen atoms in total. The van der Waals surface area contributed by atoms with Crippen molar-refractivity contribution in [3.63, 3.8) is 0 Å². The van der Waals surface area contributed by atoms with Gasteiger partial charge in [-0.1, -0.05) is 51.4 Å². The molecular weight excluding hydrogens is 284 g/mol. The number of Topliss-reactive ketones (excluding diaryl/α,β-unsaturated/α-hetero) is 1. The Kier molecular flexibility index (Phi) is 7.81. The van der Waals surface area contributed by atoms with E-state index in [9.17, 15) is 4.79 Å². The second-order valence-electron chi connectivity index (χ2n) is 6.26. The van der Waals surface area contributed by atoms with Crippen LogP contribution in [0.25, 0.3) is 0 Å². The van der Waals surface area contributed by atoms with Crippen molar-refractivity contribution in [1.82, 2.24) is 0 Å². The minimum Gasteiger partial charge on any atom is -0.492 e. The first kappa shape index (κ1) is 18.0. The molecule has 1 aromatic carbocycles. The molecule has 0 spiro atoms. The smallest absolute Gasteiger partial charge is 0.138 e. The number of rotatable bonds is 9. The first-order valence-corrected chi connectivity index (χ1v) is 8.22. The van der Waals surface area contributed by atoms with Crippen molar-refractivity contribution >= 4 is 17.4 Å². The van der Waals surface area contributed by atoms with E-state index in [1.807, 2.05) is 32.0 Å². The number of ether oxygens (including phenoxy) is 1. The molecule has 21 heavy (non-hydrogen) atoms. The van der Waals surface area contributed by atoms with E-state index < -0.39 is 0 Å². The molecule has 0 aliphatic heterocycles. The van der Waals surface area contributed by atoms with Crippen LogP contribution in [0, 0.1) is 11.8 Å². The van der Waals surface area contributed by atoms with Gasteiger partial charge in [0, 0.05) is 12.3 Å². The minimum atomic E-state index is 0.140. The second kappa shape index (κ2) is 9.09. The summed E-state index contributed by atoms with van der Waals surface area (Å²) in [4.78, 5) is 11.6. The third-order valence-electron chi connectivity index (χ3n) is 3.38. The van der Waals surface area contributed by atoms with Gasteiger partial charge < -0.3 is 4.74 Å². The standard InChI is InChI=1S/C18H27ClO2/c1-13(2)12-21-17-11-7-9-15(18(17)19)8-5-6-10-16(20)14(3)4/h7,9,11,13-14H,5-6,8,10,12H2,1-4H3. The van der Waals surface area contributed by atoms with E-state index in [4.69, 9.17) is 16.3 Å². The maximum Gasteiger partial charge on any atom is 0.138 e. The van der Waals surface area contributed by atoms with Crippen molar-refractivity contribution in [3.8, 4) is 5.75 Å². The Balaban J connectivity index is 2.48. The normalized spacial score (nSPS) is 11.2. The highest BCUT2D eigenvalue weighted by molar-refractivity contribution is 6.32. The van der Waals surface area contributed by atoms with E-state index in [2.05, 4.69) is 13.8 Å². The topological polar surface area (TPSA) is 26.3 Å². The monoisotopic (exact) mass is 310 g/mol. The van der Waals surface area contributed by atoms with Crippen LogP contribution in [0.3, 0.4) is 0 Å². The van der Waals surface area contributed by atoms with Gasteiger partial charge in [0.05, 0.1) is 11.6 Å². The zero-order chi connectivity index (χ0) is 15.8. The maximum atomic E-state index is 11.6. The quantitative estimate of drug-likeness (QED) is 0.577. The zero-order valence-electron chi connectivity index (χ0n) is 13.6. The Hall–Kier alpha value is -1.02. The van der Waals surface area contributed by atoms with Crippen molar-refractivity contribution < 1.29 is 9.53 Å². The van der Waals surface area contributed by atoms with Crippen molar-refractivity contribution in [1.29, 1.82) is 0 Å². The van der Waals surface area contributed by atoms with Crippen molar-refractivity contribution in [2.45, 2.75) is 53.4 Å². The number of hydrogen-bond donors (Lipinski definition) is 0. The van der Waals surface area contributed by atoms with Crippen LogP contribution >= 0.6 is 11.6 Å². The van der Waals surface area contributed by atoms with Gasteiger partial charge in [0.1, 0.15) is 11.5 Å². The lowest BCUT2D eigenvalue weighted by atomic mass is 10.0. The lowest BCUT2D eigenvalue weighted by Gasteiger charge is -2.13. The van der Waals surface area contributed by atoms with Crippen LogP contribution in [0.15, 0.2) is 18.2 Å². The van der Waals surface area contributed by atoms with Crippen LogP contribution in [-0.4, -0.2) is 12.4 Å². The number of benzene rings is 1. The summed E-state index contributed by atoms with van der Waals surface area (Å²) in [7, 11) is 0. The first-order chi connectivity index (χ1) is 9.91. The average Bonchev–Trinajstić information content (AvgIpc) is 2.43. The molecule has 3 heteroatoms. The van der Waals surface area contributed by atoms with Gasteiger partial charge in [-0.3, -0.25) is 4.79 Å². The summed E-state index contributed by atoms with van der Waals surface area (Å²) in [5.41, 5.74) is 1.11. The SMILES string of the molecule is CC(C)COc1cccc(CCCCC(=O)C(C)C)c1Cl. The van der Waals surface area contributed by atoms with Gasteiger partial charge in [-0.2, -0.15) is 0 Å². The minimum absolute atomic E-state index is 0.140. The number of carbonyl (C=O) groups is 1. The maximum absolute atomic E-state index is 11.6. The Morgan fingerprint density at radius 3 is 2.52 bits per heavy atom. The van der Waals surface area contributed by atoms with Crippen LogP contribution in [0.4, 0.5) is 0 Å². The largest absolute Gasteiger partial charge is 0.492 e. The summed E-state index contributed by atoms with van der Waals surface area (Å²) in [5.74, 6) is 1.73. The summed E-state index contributed by atoms with van der Waals surface area (Å²) >= 11 is 6.39. The molecule has 0 fully saturated rings. The fourth-order valence-electron chi connectivity index (χ4n) is 2.02. The van der Waals surface area contributed by atoms with Crippen molar-refractivity contribution in [3.05, 3.63) is 28.8 Å². The summed E-state index contributed by atoms with van der Waals surface area (Å²) < 4.78 is 5.73. The number of unbranched alkanes of at least 4 members (excludes halogenated alkanes) is 1. The molecule has 0 bridgehead atoms. The van der Waals surface area contributed by atoms with E-state index in [1.165, 1.54) is 0 Å². The lowest BCUT2D eigenvalue weighted by Crippen LogP contribution is -2.06. The Morgan fingerprint density at radius 1 is 1.19 bits per heavy atom. The summed E-state index contributed by atoms with van der Waals surface area (Å²) in [6.45, 7) is 8.81. The number of aryl methyl sites for hydroxylation is 1. The number of ketones is 1. The summed E-state index contributed by atoms with van der Waals surface area (Å²) in [5, 5.41) is 0.716. The Labute approximate surface area is 133 Å². The van der Waals surface area contributed by atoms with Crippen LogP contribution < -0.4 is 4.74 Å². The lowest BCUT2D eigenvalue weighted by molar-refractivity contribution is -0.122. The molecule has 118 valence electrons.